The summed E-state index contributed by atoms with van der Waals surface area (Å²) in [4.78, 5) is 19.6. The van der Waals surface area contributed by atoms with Crippen molar-refractivity contribution in [3.8, 4) is 0 Å². The molecule has 2 aromatic heterocycles. The van der Waals surface area contributed by atoms with Gasteiger partial charge in [0.15, 0.2) is 4.96 Å². The maximum absolute atomic E-state index is 13.0. The first-order chi connectivity index (χ1) is 12.2. The van der Waals surface area contributed by atoms with Crippen molar-refractivity contribution in [2.75, 3.05) is 13.1 Å². The SMILES string of the molecule is O=C(NCc1cn2ccsc2n1)N1CC[C@H](Cc2ccc(F)cc2)C1. The second kappa shape index (κ2) is 6.84. The number of carbonyl (C=O) groups excluding carboxylic acids is 1. The topological polar surface area (TPSA) is 49.6 Å². The molecule has 0 aliphatic carbocycles. The van der Waals surface area contributed by atoms with Gasteiger partial charge in [-0.15, -0.1) is 11.3 Å². The fourth-order valence-electron chi connectivity index (χ4n) is 3.28. The number of urea groups is 1. The molecule has 3 aromatic rings. The summed E-state index contributed by atoms with van der Waals surface area (Å²) in [6, 6.07) is 6.58. The number of benzene rings is 1. The average molecular weight is 358 g/mol. The van der Waals surface area contributed by atoms with Gasteiger partial charge in [0.25, 0.3) is 0 Å². The molecule has 25 heavy (non-hydrogen) atoms. The second-order valence-electron chi connectivity index (χ2n) is 6.42. The lowest BCUT2D eigenvalue weighted by atomic mass is 9.99. The Bertz CT molecular complexity index is 844. The van der Waals surface area contributed by atoms with E-state index in [9.17, 15) is 9.18 Å². The molecule has 4 rings (SSSR count). The molecule has 0 spiro atoms. The minimum atomic E-state index is -0.213. The molecule has 2 amide bonds. The van der Waals surface area contributed by atoms with Crippen molar-refractivity contribution in [1.29, 1.82) is 0 Å². The highest BCUT2D eigenvalue weighted by molar-refractivity contribution is 7.15. The lowest BCUT2D eigenvalue weighted by Crippen LogP contribution is -2.38. The molecule has 1 fully saturated rings. The lowest BCUT2D eigenvalue weighted by Gasteiger charge is -2.17. The van der Waals surface area contributed by atoms with Gasteiger partial charge in [0.1, 0.15) is 5.82 Å². The van der Waals surface area contributed by atoms with Gasteiger partial charge in [-0.3, -0.25) is 4.40 Å². The van der Waals surface area contributed by atoms with Gasteiger partial charge in [0.2, 0.25) is 0 Å². The number of fused-ring (bicyclic) bond motifs is 1. The van der Waals surface area contributed by atoms with Crippen LogP contribution in [-0.4, -0.2) is 33.4 Å². The van der Waals surface area contributed by atoms with Crippen LogP contribution in [0.25, 0.3) is 4.96 Å². The Morgan fingerprint density at radius 3 is 3.00 bits per heavy atom. The van der Waals surface area contributed by atoms with Gasteiger partial charge < -0.3 is 10.2 Å². The molecule has 1 N–H and O–H groups in total. The molecule has 5 nitrogen and oxygen atoms in total. The van der Waals surface area contributed by atoms with Crippen molar-refractivity contribution in [2.45, 2.75) is 19.4 Å². The summed E-state index contributed by atoms with van der Waals surface area (Å²) in [7, 11) is 0. The summed E-state index contributed by atoms with van der Waals surface area (Å²) in [5, 5.41) is 4.93. The molecular formula is C18H19FN4OS. The Balaban J connectivity index is 1.28. The zero-order valence-electron chi connectivity index (χ0n) is 13.7. The highest BCUT2D eigenvalue weighted by atomic mass is 32.1. The number of carbonyl (C=O) groups is 1. The Morgan fingerprint density at radius 1 is 1.36 bits per heavy atom. The van der Waals surface area contributed by atoms with Crippen molar-refractivity contribution in [3.05, 3.63) is 59.1 Å². The smallest absolute Gasteiger partial charge is 0.317 e. The van der Waals surface area contributed by atoms with E-state index in [0.717, 1.165) is 42.1 Å². The first-order valence-electron chi connectivity index (χ1n) is 8.35. The first kappa shape index (κ1) is 16.1. The third-order valence-corrected chi connectivity index (χ3v) is 5.35. The number of imidazole rings is 1. The largest absolute Gasteiger partial charge is 0.332 e. The zero-order valence-corrected chi connectivity index (χ0v) is 14.5. The van der Waals surface area contributed by atoms with Gasteiger partial charge in [0.05, 0.1) is 12.2 Å². The van der Waals surface area contributed by atoms with Crippen molar-refractivity contribution >= 4 is 22.3 Å². The van der Waals surface area contributed by atoms with Crippen molar-refractivity contribution in [2.24, 2.45) is 5.92 Å². The number of rotatable bonds is 4. The molecule has 1 aliphatic rings. The summed E-state index contributed by atoms with van der Waals surface area (Å²) >= 11 is 1.58. The predicted molar refractivity (Wildman–Crippen MR) is 95.1 cm³/mol. The van der Waals surface area contributed by atoms with Crippen LogP contribution in [0.1, 0.15) is 17.7 Å². The Hall–Kier alpha value is -2.41. The number of likely N-dealkylation sites (tertiary alicyclic amines) is 1. The van der Waals surface area contributed by atoms with Crippen LogP contribution in [0.5, 0.6) is 0 Å². The van der Waals surface area contributed by atoms with Crippen LogP contribution in [0.4, 0.5) is 9.18 Å². The molecule has 0 unspecified atom stereocenters. The molecule has 1 aliphatic heterocycles. The van der Waals surface area contributed by atoms with Crippen LogP contribution in [-0.2, 0) is 13.0 Å². The molecule has 0 bridgehead atoms. The molecule has 0 radical (unpaired) electrons. The highest BCUT2D eigenvalue weighted by Crippen LogP contribution is 2.21. The summed E-state index contributed by atoms with van der Waals surface area (Å²) in [5.74, 6) is 0.212. The predicted octanol–water partition coefficient (Wildman–Crippen LogP) is 3.31. The first-order valence-corrected chi connectivity index (χ1v) is 9.23. The van der Waals surface area contributed by atoms with E-state index in [4.69, 9.17) is 0 Å². The van der Waals surface area contributed by atoms with E-state index in [-0.39, 0.29) is 11.8 Å². The van der Waals surface area contributed by atoms with E-state index in [1.54, 1.807) is 11.3 Å². The second-order valence-corrected chi connectivity index (χ2v) is 7.29. The molecule has 3 heterocycles. The van der Waals surface area contributed by atoms with Crippen LogP contribution < -0.4 is 5.32 Å². The van der Waals surface area contributed by atoms with E-state index in [1.165, 1.54) is 12.1 Å². The van der Waals surface area contributed by atoms with Crippen LogP contribution in [0.3, 0.4) is 0 Å². The van der Waals surface area contributed by atoms with E-state index in [1.807, 2.05) is 39.2 Å². The number of amides is 2. The monoisotopic (exact) mass is 358 g/mol. The third-order valence-electron chi connectivity index (χ3n) is 4.57. The molecule has 0 saturated carbocycles. The van der Waals surface area contributed by atoms with Gasteiger partial charge in [-0.25, -0.2) is 14.2 Å². The number of hydrogen-bond donors (Lipinski definition) is 1. The Labute approximate surface area is 149 Å². The standard InChI is InChI=1S/C18H19FN4OS/c19-15-3-1-13(2-4-15)9-14-5-6-22(11-14)17(24)20-10-16-12-23-7-8-25-18(23)21-16/h1-4,7-8,12,14H,5-6,9-11H2,(H,20,24)/t14-/m1/s1. The molecule has 1 atom stereocenters. The van der Waals surface area contributed by atoms with Crippen molar-refractivity contribution in [1.82, 2.24) is 19.6 Å². The lowest BCUT2D eigenvalue weighted by molar-refractivity contribution is 0.206. The number of aromatic nitrogens is 2. The van der Waals surface area contributed by atoms with E-state index >= 15 is 0 Å². The number of halogens is 1. The molecule has 1 aromatic carbocycles. The van der Waals surface area contributed by atoms with Gasteiger partial charge >= 0.3 is 6.03 Å². The van der Waals surface area contributed by atoms with Gasteiger partial charge in [-0.2, -0.15) is 0 Å². The number of hydrogen-bond acceptors (Lipinski definition) is 3. The highest BCUT2D eigenvalue weighted by Gasteiger charge is 2.26. The van der Waals surface area contributed by atoms with Crippen LogP contribution in [0.15, 0.2) is 42.0 Å². The maximum Gasteiger partial charge on any atom is 0.317 e. The Kier molecular flexibility index (Phi) is 4.40. The van der Waals surface area contributed by atoms with Gasteiger partial charge in [0, 0.05) is 30.9 Å². The fourth-order valence-corrected chi connectivity index (χ4v) is 4.00. The quantitative estimate of drug-likeness (QED) is 0.778. The minimum Gasteiger partial charge on any atom is -0.332 e. The number of nitrogens with zero attached hydrogens (tertiary/aromatic N) is 3. The third kappa shape index (κ3) is 3.66. The molecular weight excluding hydrogens is 339 g/mol. The van der Waals surface area contributed by atoms with Crippen LogP contribution >= 0.6 is 11.3 Å². The van der Waals surface area contributed by atoms with Gasteiger partial charge in [-0.1, -0.05) is 12.1 Å². The molecule has 1 saturated heterocycles. The van der Waals surface area contributed by atoms with E-state index in [0.29, 0.717) is 12.5 Å². The van der Waals surface area contributed by atoms with Crippen LogP contribution in [0.2, 0.25) is 0 Å². The Morgan fingerprint density at radius 2 is 2.20 bits per heavy atom. The number of nitrogens with one attached hydrogen (secondary N) is 1. The molecule has 7 heteroatoms. The summed E-state index contributed by atoms with van der Waals surface area (Å²) in [6.45, 7) is 1.93. The number of thiazole rings is 1. The van der Waals surface area contributed by atoms with Crippen LogP contribution in [0, 0.1) is 11.7 Å². The van der Waals surface area contributed by atoms with Gasteiger partial charge in [-0.05, 0) is 36.5 Å². The maximum atomic E-state index is 13.0. The molecule has 130 valence electrons. The van der Waals surface area contributed by atoms with E-state index in [2.05, 4.69) is 10.3 Å². The normalized spacial score (nSPS) is 17.3. The fraction of sp³-hybridized carbons (Fsp3) is 0.333. The summed E-state index contributed by atoms with van der Waals surface area (Å²) in [6.07, 6.45) is 5.75. The average Bonchev–Trinajstić information content (AvgIpc) is 3.30. The minimum absolute atomic E-state index is 0.0436. The summed E-state index contributed by atoms with van der Waals surface area (Å²) < 4.78 is 14.9. The van der Waals surface area contributed by atoms with Crippen molar-refractivity contribution < 1.29 is 9.18 Å². The van der Waals surface area contributed by atoms with Crippen molar-refractivity contribution in [3.63, 3.8) is 0 Å². The van der Waals surface area contributed by atoms with E-state index < -0.39 is 0 Å². The summed E-state index contributed by atoms with van der Waals surface area (Å²) in [5.41, 5.74) is 1.98. The zero-order chi connectivity index (χ0) is 17.2.